The Labute approximate surface area is 135 Å². The topological polar surface area (TPSA) is 88.3 Å². The van der Waals surface area contributed by atoms with Gasteiger partial charge in [-0.2, -0.15) is 16.1 Å². The van der Waals surface area contributed by atoms with E-state index in [0.29, 0.717) is 5.00 Å². The number of nitrogens with zero attached hydrogens (tertiary/aromatic N) is 2. The highest BCUT2D eigenvalue weighted by Crippen LogP contribution is 2.32. The Morgan fingerprint density at radius 2 is 1.95 bits per heavy atom. The van der Waals surface area contributed by atoms with E-state index in [-0.39, 0.29) is 10.7 Å². The number of anilines is 2. The largest absolute Gasteiger partial charge is 0.382 e. The molecule has 0 saturated carbocycles. The van der Waals surface area contributed by atoms with Crippen molar-refractivity contribution in [3.8, 4) is 0 Å². The van der Waals surface area contributed by atoms with Crippen LogP contribution >= 0.6 is 23.3 Å². The molecule has 6 nitrogen and oxygen atoms in total. The van der Waals surface area contributed by atoms with Crippen LogP contribution in [0.3, 0.4) is 0 Å². The Morgan fingerprint density at radius 1 is 1.29 bits per heavy atom. The van der Waals surface area contributed by atoms with Gasteiger partial charge in [0.2, 0.25) is 10.0 Å². The third-order valence-corrected chi connectivity index (χ3v) is 6.51. The fourth-order valence-electron chi connectivity index (χ4n) is 1.77. The molecule has 9 heteroatoms. The van der Waals surface area contributed by atoms with E-state index in [0.717, 1.165) is 35.2 Å². The van der Waals surface area contributed by atoms with Gasteiger partial charge in [-0.1, -0.05) is 12.8 Å². The molecule has 0 aromatic carbocycles. The lowest BCUT2D eigenvalue weighted by Crippen LogP contribution is -2.23. The summed E-state index contributed by atoms with van der Waals surface area (Å²) in [6.45, 7) is 0.733. The summed E-state index contributed by atoms with van der Waals surface area (Å²) in [6, 6.07) is 0. The zero-order valence-electron chi connectivity index (χ0n) is 12.8. The van der Waals surface area contributed by atoms with Crippen LogP contribution in [0.4, 0.5) is 10.8 Å². The second kappa shape index (κ2) is 8.82. The maximum Gasteiger partial charge on any atom is 0.249 e. The summed E-state index contributed by atoms with van der Waals surface area (Å²) in [7, 11) is -0.582. The zero-order valence-corrected chi connectivity index (χ0v) is 15.2. The number of hydrogen-bond donors (Lipinski definition) is 2. The fourth-order valence-corrected chi connectivity index (χ4v) is 4.36. The molecule has 3 N–H and O–H groups in total. The Bertz CT molecular complexity index is 529. The molecule has 1 aromatic heterocycles. The van der Waals surface area contributed by atoms with E-state index >= 15 is 0 Å². The summed E-state index contributed by atoms with van der Waals surface area (Å²) in [5.74, 6) is 1.26. The standard InChI is InChI=1S/C12H24N4O2S3/c1-16(2)21(17,18)10-11(13)15-20-12(10)14-8-6-4-5-7-9-19-3/h14H,4-9H2,1-3H3,(H2,13,15). The van der Waals surface area contributed by atoms with Crippen molar-refractivity contribution in [3.05, 3.63) is 0 Å². The zero-order chi connectivity index (χ0) is 15.9. The van der Waals surface area contributed by atoms with Crippen molar-refractivity contribution in [2.75, 3.05) is 43.7 Å². The molecule has 0 aliphatic heterocycles. The summed E-state index contributed by atoms with van der Waals surface area (Å²) in [5, 5.41) is 3.68. The Kier molecular flexibility index (Phi) is 7.78. The van der Waals surface area contributed by atoms with E-state index in [2.05, 4.69) is 15.9 Å². The smallest absolute Gasteiger partial charge is 0.249 e. The van der Waals surface area contributed by atoms with Crippen molar-refractivity contribution in [1.82, 2.24) is 8.68 Å². The number of rotatable bonds is 10. The van der Waals surface area contributed by atoms with E-state index < -0.39 is 10.0 Å². The van der Waals surface area contributed by atoms with Gasteiger partial charge in [0.15, 0.2) is 10.7 Å². The molecule has 0 radical (unpaired) electrons. The van der Waals surface area contributed by atoms with Crippen LogP contribution in [0.1, 0.15) is 25.7 Å². The molecule has 0 spiro atoms. The first kappa shape index (κ1) is 18.5. The number of nitrogens with two attached hydrogens (primary N) is 1. The molecule has 0 bridgehead atoms. The number of hydrogen-bond acceptors (Lipinski definition) is 7. The van der Waals surface area contributed by atoms with E-state index in [4.69, 9.17) is 5.73 Å². The Balaban J connectivity index is 2.54. The minimum Gasteiger partial charge on any atom is -0.382 e. The molecule has 0 unspecified atom stereocenters. The lowest BCUT2D eigenvalue weighted by atomic mass is 10.2. The van der Waals surface area contributed by atoms with Gasteiger partial charge in [0, 0.05) is 20.6 Å². The average molecular weight is 353 g/mol. The van der Waals surface area contributed by atoms with E-state index in [1.807, 2.05) is 11.8 Å². The molecule has 0 atom stereocenters. The third-order valence-electron chi connectivity index (χ3n) is 2.97. The van der Waals surface area contributed by atoms with Gasteiger partial charge in [0.05, 0.1) is 0 Å². The minimum atomic E-state index is -3.56. The Hall–Kier alpha value is -0.510. The van der Waals surface area contributed by atoms with Crippen molar-refractivity contribution in [2.45, 2.75) is 30.6 Å². The van der Waals surface area contributed by atoms with Crippen molar-refractivity contribution in [2.24, 2.45) is 0 Å². The lowest BCUT2D eigenvalue weighted by molar-refractivity contribution is 0.521. The summed E-state index contributed by atoms with van der Waals surface area (Å²) < 4.78 is 29.5. The quantitative estimate of drug-likeness (QED) is 0.628. The molecule has 21 heavy (non-hydrogen) atoms. The highest BCUT2D eigenvalue weighted by Gasteiger charge is 2.27. The van der Waals surface area contributed by atoms with Crippen LogP contribution < -0.4 is 11.1 Å². The van der Waals surface area contributed by atoms with Gasteiger partial charge in [0.1, 0.15) is 5.00 Å². The van der Waals surface area contributed by atoms with Crippen molar-refractivity contribution in [3.63, 3.8) is 0 Å². The SMILES string of the molecule is CSCCCCCCNc1snc(N)c1S(=O)(=O)N(C)C. The van der Waals surface area contributed by atoms with Crippen molar-refractivity contribution >= 4 is 44.1 Å². The monoisotopic (exact) mass is 352 g/mol. The Morgan fingerprint density at radius 3 is 2.57 bits per heavy atom. The summed E-state index contributed by atoms with van der Waals surface area (Å²) in [5.41, 5.74) is 5.70. The van der Waals surface area contributed by atoms with Gasteiger partial charge in [-0.05, 0) is 36.4 Å². The number of unbranched alkanes of at least 4 members (excludes halogenated alkanes) is 3. The first-order valence-corrected chi connectivity index (χ1v) is 10.4. The van der Waals surface area contributed by atoms with Gasteiger partial charge >= 0.3 is 0 Å². The predicted octanol–water partition coefficient (Wildman–Crippen LogP) is 2.31. The first-order chi connectivity index (χ1) is 9.91. The molecule has 1 rings (SSSR count). The van der Waals surface area contributed by atoms with Crippen LogP contribution in [0.15, 0.2) is 4.90 Å². The normalized spacial score (nSPS) is 12.0. The van der Waals surface area contributed by atoms with Crippen LogP contribution in [0.25, 0.3) is 0 Å². The molecule has 0 amide bonds. The molecule has 122 valence electrons. The van der Waals surface area contributed by atoms with E-state index in [1.54, 1.807) is 0 Å². The van der Waals surface area contributed by atoms with E-state index in [1.165, 1.54) is 32.7 Å². The molecule has 0 fully saturated rings. The van der Waals surface area contributed by atoms with Gasteiger partial charge in [-0.15, -0.1) is 0 Å². The van der Waals surface area contributed by atoms with Gasteiger partial charge < -0.3 is 11.1 Å². The summed E-state index contributed by atoms with van der Waals surface area (Å²) in [4.78, 5) is 0.0971. The molecule has 1 heterocycles. The molecule has 1 aromatic rings. The average Bonchev–Trinajstić information content (AvgIpc) is 2.79. The van der Waals surface area contributed by atoms with Crippen molar-refractivity contribution < 1.29 is 8.42 Å². The van der Waals surface area contributed by atoms with Crippen LogP contribution in [0.5, 0.6) is 0 Å². The minimum absolute atomic E-state index is 0.0659. The molecule has 0 aliphatic rings. The number of nitrogen functional groups attached to an aromatic ring is 1. The fraction of sp³-hybridized carbons (Fsp3) is 0.750. The van der Waals surface area contributed by atoms with Gasteiger partial charge in [-0.3, -0.25) is 0 Å². The summed E-state index contributed by atoms with van der Waals surface area (Å²) in [6.07, 6.45) is 6.69. The number of aromatic nitrogens is 1. The first-order valence-electron chi connectivity index (χ1n) is 6.81. The van der Waals surface area contributed by atoms with Crippen LogP contribution in [0.2, 0.25) is 0 Å². The van der Waals surface area contributed by atoms with E-state index in [9.17, 15) is 8.42 Å². The second-order valence-electron chi connectivity index (χ2n) is 4.85. The maximum atomic E-state index is 12.2. The van der Waals surface area contributed by atoms with Crippen LogP contribution in [-0.4, -0.2) is 49.7 Å². The maximum absolute atomic E-state index is 12.2. The molecule has 0 saturated heterocycles. The number of nitrogens with one attached hydrogen (secondary N) is 1. The number of thioether (sulfide) groups is 1. The third kappa shape index (κ3) is 5.32. The molecular formula is C12H24N4O2S3. The summed E-state index contributed by atoms with van der Waals surface area (Å²) >= 11 is 2.96. The van der Waals surface area contributed by atoms with Crippen molar-refractivity contribution in [1.29, 1.82) is 0 Å². The highest BCUT2D eigenvalue weighted by atomic mass is 32.2. The van der Waals surface area contributed by atoms with Gasteiger partial charge in [0.25, 0.3) is 0 Å². The number of sulfonamides is 1. The highest BCUT2D eigenvalue weighted by molar-refractivity contribution is 7.98. The van der Waals surface area contributed by atoms with Crippen LogP contribution in [-0.2, 0) is 10.0 Å². The predicted molar refractivity (Wildman–Crippen MR) is 92.7 cm³/mol. The lowest BCUT2D eigenvalue weighted by Gasteiger charge is -2.12. The molecule has 0 aliphatic carbocycles. The molecular weight excluding hydrogens is 328 g/mol. The van der Waals surface area contributed by atoms with Gasteiger partial charge in [-0.25, -0.2) is 12.7 Å². The second-order valence-corrected chi connectivity index (χ2v) is 8.69. The van der Waals surface area contributed by atoms with Crippen LogP contribution in [0, 0.1) is 0 Å².